The topological polar surface area (TPSA) is 42.0 Å². The van der Waals surface area contributed by atoms with E-state index in [9.17, 15) is 4.79 Å². The maximum atomic E-state index is 12.0. The zero-order chi connectivity index (χ0) is 15.5. The van der Waals surface area contributed by atoms with Crippen molar-refractivity contribution in [3.63, 3.8) is 0 Å². The zero-order valence-corrected chi connectivity index (χ0v) is 13.9. The van der Waals surface area contributed by atoms with Gasteiger partial charge >= 0.3 is 6.09 Å². The normalized spacial score (nSPS) is 24.6. The summed E-state index contributed by atoms with van der Waals surface area (Å²) in [5.74, 6) is 0.680. The van der Waals surface area contributed by atoms with Crippen molar-refractivity contribution in [1.82, 2.24) is 9.80 Å². The quantitative estimate of drug-likeness (QED) is 0.802. The third-order valence-electron chi connectivity index (χ3n) is 4.31. The minimum Gasteiger partial charge on any atom is -0.444 e. The Morgan fingerprint density at radius 3 is 2.48 bits per heavy atom. The van der Waals surface area contributed by atoms with Crippen LogP contribution in [0.15, 0.2) is 0 Å². The fourth-order valence-electron chi connectivity index (χ4n) is 3.10. The van der Waals surface area contributed by atoms with Gasteiger partial charge in [0.25, 0.3) is 0 Å². The van der Waals surface area contributed by atoms with Crippen LogP contribution in [0.1, 0.15) is 40.0 Å². The van der Waals surface area contributed by atoms with Crippen molar-refractivity contribution in [2.75, 3.05) is 39.9 Å². The number of amides is 1. The zero-order valence-electron chi connectivity index (χ0n) is 13.9. The first-order valence-electron chi connectivity index (χ1n) is 8.11. The van der Waals surface area contributed by atoms with Crippen LogP contribution in [0.5, 0.6) is 0 Å². The molecule has 1 amide bonds. The first-order chi connectivity index (χ1) is 9.85. The Morgan fingerprint density at radius 2 is 1.95 bits per heavy atom. The largest absolute Gasteiger partial charge is 0.444 e. The highest BCUT2D eigenvalue weighted by molar-refractivity contribution is 5.68. The summed E-state index contributed by atoms with van der Waals surface area (Å²) in [6.07, 6.45) is 3.07. The molecule has 0 N–H and O–H groups in total. The molecule has 0 saturated carbocycles. The van der Waals surface area contributed by atoms with Gasteiger partial charge < -0.3 is 19.3 Å². The first-order valence-corrected chi connectivity index (χ1v) is 8.11. The average Bonchev–Trinajstić information content (AvgIpc) is 2.90. The molecule has 2 aliphatic rings. The van der Waals surface area contributed by atoms with Crippen molar-refractivity contribution in [3.05, 3.63) is 0 Å². The molecule has 0 spiro atoms. The summed E-state index contributed by atoms with van der Waals surface area (Å²) < 4.78 is 10.9. The van der Waals surface area contributed by atoms with Crippen LogP contribution in [0.4, 0.5) is 4.79 Å². The third kappa shape index (κ3) is 5.15. The van der Waals surface area contributed by atoms with Gasteiger partial charge in [-0.05, 0) is 53.0 Å². The van der Waals surface area contributed by atoms with Gasteiger partial charge in [0.05, 0.1) is 6.61 Å². The molecule has 0 aromatic heterocycles. The molecule has 1 atom stereocenters. The number of rotatable bonds is 3. The van der Waals surface area contributed by atoms with Gasteiger partial charge in [0, 0.05) is 32.3 Å². The number of hydrogen-bond acceptors (Lipinski definition) is 4. The summed E-state index contributed by atoms with van der Waals surface area (Å²) in [5.41, 5.74) is -0.410. The molecule has 2 aliphatic heterocycles. The van der Waals surface area contributed by atoms with Gasteiger partial charge in [0.15, 0.2) is 0 Å². The molecule has 2 fully saturated rings. The molecule has 21 heavy (non-hydrogen) atoms. The molecular weight excluding hydrogens is 268 g/mol. The summed E-state index contributed by atoms with van der Waals surface area (Å²) in [6, 6.07) is 0.573. The van der Waals surface area contributed by atoms with Crippen LogP contribution < -0.4 is 0 Å². The molecule has 2 rings (SSSR count). The van der Waals surface area contributed by atoms with E-state index in [-0.39, 0.29) is 6.09 Å². The van der Waals surface area contributed by atoms with Crippen molar-refractivity contribution in [1.29, 1.82) is 0 Å². The molecule has 5 nitrogen and oxygen atoms in total. The fraction of sp³-hybridized carbons (Fsp3) is 0.938. The number of hydrogen-bond donors (Lipinski definition) is 0. The van der Waals surface area contributed by atoms with Gasteiger partial charge in [-0.3, -0.25) is 0 Å². The number of carbonyl (C=O) groups excluding carboxylic acids is 1. The van der Waals surface area contributed by atoms with Crippen molar-refractivity contribution < 1.29 is 14.3 Å². The third-order valence-corrected chi connectivity index (χ3v) is 4.31. The summed E-state index contributed by atoms with van der Waals surface area (Å²) in [6.45, 7) is 10.3. The second-order valence-corrected chi connectivity index (χ2v) is 7.37. The Balaban J connectivity index is 1.73. The van der Waals surface area contributed by atoms with Gasteiger partial charge in [-0.1, -0.05) is 0 Å². The average molecular weight is 298 g/mol. The Morgan fingerprint density at radius 1 is 1.29 bits per heavy atom. The monoisotopic (exact) mass is 298 g/mol. The number of nitrogens with zero attached hydrogens (tertiary/aromatic N) is 2. The Bertz CT molecular complexity index is 340. The van der Waals surface area contributed by atoms with Crippen molar-refractivity contribution in [2.24, 2.45) is 5.92 Å². The Hall–Kier alpha value is -0.810. The molecule has 122 valence electrons. The Labute approximate surface area is 128 Å². The van der Waals surface area contributed by atoms with E-state index in [0.717, 1.165) is 45.7 Å². The van der Waals surface area contributed by atoms with Gasteiger partial charge in [-0.15, -0.1) is 0 Å². The molecule has 0 aromatic rings. The predicted octanol–water partition coefficient (Wildman–Crippen LogP) is 2.35. The molecule has 2 heterocycles. The molecule has 5 heteroatoms. The molecular formula is C16H30N2O3. The lowest BCUT2D eigenvalue weighted by Gasteiger charge is -2.38. The second-order valence-electron chi connectivity index (χ2n) is 7.37. The number of ether oxygens (including phenoxy) is 2. The molecule has 2 saturated heterocycles. The van der Waals surface area contributed by atoms with Crippen LogP contribution in [0.2, 0.25) is 0 Å². The van der Waals surface area contributed by atoms with Gasteiger partial charge in [0.1, 0.15) is 5.60 Å². The van der Waals surface area contributed by atoms with Crippen LogP contribution in [-0.2, 0) is 9.47 Å². The van der Waals surface area contributed by atoms with Gasteiger partial charge in [0.2, 0.25) is 0 Å². The van der Waals surface area contributed by atoms with Crippen molar-refractivity contribution in [2.45, 2.75) is 51.7 Å². The van der Waals surface area contributed by atoms with Crippen LogP contribution in [-0.4, -0.2) is 67.4 Å². The Kier molecular flexibility index (Phi) is 5.49. The highest BCUT2D eigenvalue weighted by atomic mass is 16.6. The lowest BCUT2D eigenvalue weighted by atomic mass is 10.0. The number of carbonyl (C=O) groups is 1. The minimum atomic E-state index is -0.410. The fourth-order valence-corrected chi connectivity index (χ4v) is 3.10. The van der Waals surface area contributed by atoms with E-state index in [1.807, 2.05) is 25.7 Å². The summed E-state index contributed by atoms with van der Waals surface area (Å²) >= 11 is 0. The highest BCUT2D eigenvalue weighted by Crippen LogP contribution is 2.21. The van der Waals surface area contributed by atoms with Gasteiger partial charge in [-0.2, -0.15) is 0 Å². The van der Waals surface area contributed by atoms with Crippen LogP contribution in [0.25, 0.3) is 0 Å². The number of likely N-dealkylation sites (tertiary alicyclic amines) is 1. The molecule has 0 radical (unpaired) electrons. The van der Waals surface area contributed by atoms with Crippen molar-refractivity contribution in [3.8, 4) is 0 Å². The minimum absolute atomic E-state index is 0.173. The maximum Gasteiger partial charge on any atom is 0.410 e. The molecule has 0 bridgehead atoms. The van der Waals surface area contributed by atoms with E-state index in [0.29, 0.717) is 12.0 Å². The lowest BCUT2D eigenvalue weighted by Crippen LogP contribution is -2.47. The molecule has 0 aliphatic carbocycles. The van der Waals surface area contributed by atoms with E-state index in [2.05, 4.69) is 11.9 Å². The first kappa shape index (κ1) is 16.6. The van der Waals surface area contributed by atoms with Gasteiger partial charge in [-0.25, -0.2) is 4.79 Å². The highest BCUT2D eigenvalue weighted by Gasteiger charge is 2.29. The maximum absolute atomic E-state index is 12.0. The van der Waals surface area contributed by atoms with Crippen LogP contribution in [0, 0.1) is 5.92 Å². The van der Waals surface area contributed by atoms with E-state index >= 15 is 0 Å². The second kappa shape index (κ2) is 6.97. The van der Waals surface area contributed by atoms with E-state index in [4.69, 9.17) is 9.47 Å². The van der Waals surface area contributed by atoms with Crippen molar-refractivity contribution >= 4 is 6.09 Å². The summed E-state index contributed by atoms with van der Waals surface area (Å²) in [4.78, 5) is 16.3. The molecule has 0 aromatic carbocycles. The van der Waals surface area contributed by atoms with E-state index in [1.54, 1.807) is 0 Å². The standard InChI is InChI=1S/C16H30N2O3/c1-16(2,3)21-15(19)18-8-5-14(6-9-18)17(4)11-13-7-10-20-12-13/h13-14H,5-12H2,1-4H3/t13-/m0/s1. The summed E-state index contributed by atoms with van der Waals surface area (Å²) in [7, 11) is 2.20. The predicted molar refractivity (Wildman–Crippen MR) is 82.4 cm³/mol. The smallest absolute Gasteiger partial charge is 0.410 e. The van der Waals surface area contributed by atoms with Crippen LogP contribution in [0.3, 0.4) is 0 Å². The van der Waals surface area contributed by atoms with E-state index in [1.165, 1.54) is 6.42 Å². The lowest BCUT2D eigenvalue weighted by molar-refractivity contribution is 0.0149. The SMILES string of the molecule is CN(C[C@@H]1CCOC1)C1CCN(C(=O)OC(C)(C)C)CC1. The number of piperidine rings is 1. The van der Waals surface area contributed by atoms with Crippen LogP contribution >= 0.6 is 0 Å². The molecule has 0 unspecified atom stereocenters. The van der Waals surface area contributed by atoms with E-state index < -0.39 is 5.60 Å². The summed E-state index contributed by atoms with van der Waals surface area (Å²) in [5, 5.41) is 0.